The average molecular weight is 494 g/mol. The second-order valence-corrected chi connectivity index (χ2v) is 10.5. The van der Waals surface area contributed by atoms with Crippen LogP contribution in [0.15, 0.2) is 140 Å². The molecule has 3 heterocycles. The minimum absolute atomic E-state index is 0.239. The summed E-state index contributed by atoms with van der Waals surface area (Å²) in [6.45, 7) is 0.239. The maximum atomic E-state index is 2.50. The highest BCUT2D eigenvalue weighted by Crippen LogP contribution is 2.40. The van der Waals surface area contributed by atoms with Crippen LogP contribution in [0.5, 0.6) is 0 Å². The molecule has 0 aliphatic carbocycles. The molecular formula is C36H23BN2. The third kappa shape index (κ3) is 2.77. The molecule has 0 saturated carbocycles. The van der Waals surface area contributed by atoms with Crippen LogP contribution < -0.4 is 21.3 Å². The molecule has 0 N–H and O–H groups in total. The van der Waals surface area contributed by atoms with Crippen LogP contribution in [0, 0.1) is 0 Å². The van der Waals surface area contributed by atoms with Crippen LogP contribution in [0.1, 0.15) is 0 Å². The van der Waals surface area contributed by atoms with Crippen molar-refractivity contribution >= 4 is 62.0 Å². The van der Waals surface area contributed by atoms with Gasteiger partial charge in [-0.25, -0.2) is 0 Å². The first-order valence-corrected chi connectivity index (χ1v) is 13.6. The lowest BCUT2D eigenvalue weighted by atomic mass is 9.37. The van der Waals surface area contributed by atoms with Crippen molar-refractivity contribution < 1.29 is 0 Å². The van der Waals surface area contributed by atoms with Crippen molar-refractivity contribution in [3.8, 4) is 16.8 Å². The minimum Gasteiger partial charge on any atom is -0.310 e. The molecular weight excluding hydrogens is 471 g/mol. The first-order chi connectivity index (χ1) is 19.4. The SMILES string of the molecule is c1ccc(N(c2ccccc2)c2ccc3c(c2)-c2cccc4c2B3c2cccc3c5ccccc5n-4c23)cc1. The van der Waals surface area contributed by atoms with Gasteiger partial charge in [0.2, 0.25) is 6.71 Å². The van der Waals surface area contributed by atoms with Crippen molar-refractivity contribution in [3.05, 3.63) is 140 Å². The lowest BCUT2D eigenvalue weighted by Crippen LogP contribution is -2.53. The predicted octanol–water partition coefficient (Wildman–Crippen LogP) is 7.06. The molecule has 2 nitrogen and oxygen atoms in total. The first-order valence-electron chi connectivity index (χ1n) is 13.6. The molecule has 180 valence electrons. The van der Waals surface area contributed by atoms with Gasteiger partial charge < -0.3 is 9.47 Å². The van der Waals surface area contributed by atoms with E-state index in [1.807, 2.05) is 0 Å². The maximum absolute atomic E-state index is 2.50. The molecule has 0 amide bonds. The molecule has 1 aromatic heterocycles. The summed E-state index contributed by atoms with van der Waals surface area (Å²) in [5.74, 6) is 0. The van der Waals surface area contributed by atoms with E-state index in [2.05, 4.69) is 149 Å². The van der Waals surface area contributed by atoms with Crippen LogP contribution in [-0.4, -0.2) is 11.3 Å². The normalized spacial score (nSPS) is 12.6. The van der Waals surface area contributed by atoms with Crippen molar-refractivity contribution in [1.29, 1.82) is 0 Å². The molecule has 0 fully saturated rings. The van der Waals surface area contributed by atoms with E-state index in [-0.39, 0.29) is 6.71 Å². The molecule has 3 heteroatoms. The summed E-state index contributed by atoms with van der Waals surface area (Å²) in [4.78, 5) is 2.36. The highest BCUT2D eigenvalue weighted by Gasteiger charge is 2.41. The Morgan fingerprint density at radius 2 is 1.18 bits per heavy atom. The van der Waals surface area contributed by atoms with E-state index in [1.165, 1.54) is 60.7 Å². The zero-order valence-corrected chi connectivity index (χ0v) is 21.3. The van der Waals surface area contributed by atoms with Crippen LogP contribution in [0.2, 0.25) is 0 Å². The van der Waals surface area contributed by atoms with E-state index in [4.69, 9.17) is 0 Å². The molecule has 0 unspecified atom stereocenters. The number of rotatable bonds is 3. The number of hydrogen-bond acceptors (Lipinski definition) is 1. The molecule has 0 saturated heterocycles. The molecule has 0 spiro atoms. The fourth-order valence-electron chi connectivity index (χ4n) is 7.06. The summed E-state index contributed by atoms with van der Waals surface area (Å²) >= 11 is 0. The summed E-state index contributed by atoms with van der Waals surface area (Å²) in [6.07, 6.45) is 0. The summed E-state index contributed by atoms with van der Waals surface area (Å²) in [5.41, 5.74) is 14.3. The van der Waals surface area contributed by atoms with Gasteiger partial charge in [0.1, 0.15) is 0 Å². The largest absolute Gasteiger partial charge is 0.310 e. The minimum atomic E-state index is 0.239. The van der Waals surface area contributed by atoms with E-state index in [0.29, 0.717) is 0 Å². The molecule has 7 aromatic rings. The number of fused-ring (bicyclic) bond motifs is 8. The Morgan fingerprint density at radius 3 is 1.97 bits per heavy atom. The maximum Gasteiger partial charge on any atom is 0.248 e. The van der Waals surface area contributed by atoms with Gasteiger partial charge in [-0.15, -0.1) is 0 Å². The van der Waals surface area contributed by atoms with E-state index in [0.717, 1.165) is 11.4 Å². The van der Waals surface area contributed by atoms with Crippen molar-refractivity contribution in [2.45, 2.75) is 0 Å². The van der Waals surface area contributed by atoms with Crippen molar-refractivity contribution in [3.63, 3.8) is 0 Å². The molecule has 0 atom stereocenters. The van der Waals surface area contributed by atoms with Crippen molar-refractivity contribution in [2.75, 3.05) is 4.90 Å². The number of benzene rings is 6. The Kier molecular flexibility index (Phi) is 4.17. The summed E-state index contributed by atoms with van der Waals surface area (Å²) < 4.78 is 2.50. The van der Waals surface area contributed by atoms with Crippen LogP contribution in [0.3, 0.4) is 0 Å². The second kappa shape index (κ2) is 7.75. The van der Waals surface area contributed by atoms with Gasteiger partial charge in [-0.05, 0) is 70.6 Å². The molecule has 2 aliphatic heterocycles. The molecule has 9 rings (SSSR count). The monoisotopic (exact) mass is 494 g/mol. The van der Waals surface area contributed by atoms with Crippen LogP contribution >= 0.6 is 0 Å². The average Bonchev–Trinajstić information content (AvgIpc) is 3.52. The topological polar surface area (TPSA) is 8.17 Å². The fraction of sp³-hybridized carbons (Fsp3) is 0. The van der Waals surface area contributed by atoms with Crippen molar-refractivity contribution in [2.24, 2.45) is 0 Å². The number of para-hydroxylation sites is 4. The first kappa shape index (κ1) is 21.0. The fourth-order valence-corrected chi connectivity index (χ4v) is 7.06. The molecule has 0 bridgehead atoms. The van der Waals surface area contributed by atoms with Gasteiger partial charge in [-0.2, -0.15) is 0 Å². The second-order valence-electron chi connectivity index (χ2n) is 10.5. The summed E-state index contributed by atoms with van der Waals surface area (Å²) in [7, 11) is 0. The van der Waals surface area contributed by atoms with E-state index in [1.54, 1.807) is 0 Å². The highest BCUT2D eigenvalue weighted by molar-refractivity contribution is 7.01. The van der Waals surface area contributed by atoms with Gasteiger partial charge in [-0.1, -0.05) is 96.5 Å². The highest BCUT2D eigenvalue weighted by atomic mass is 15.1. The Labute approximate surface area is 227 Å². The molecule has 0 radical (unpaired) electrons. The van der Waals surface area contributed by atoms with Gasteiger partial charge in [0.15, 0.2) is 0 Å². The quantitative estimate of drug-likeness (QED) is 0.239. The smallest absolute Gasteiger partial charge is 0.248 e. The molecule has 2 aliphatic rings. The summed E-state index contributed by atoms with van der Waals surface area (Å²) in [5, 5.41) is 2.66. The van der Waals surface area contributed by atoms with Crippen LogP contribution in [0.4, 0.5) is 17.1 Å². The Bertz CT molecular complexity index is 2040. The lowest BCUT2D eigenvalue weighted by Gasteiger charge is -2.26. The van der Waals surface area contributed by atoms with E-state index < -0.39 is 0 Å². The number of aromatic nitrogens is 1. The lowest BCUT2D eigenvalue weighted by molar-refractivity contribution is 1.19. The van der Waals surface area contributed by atoms with Gasteiger partial charge in [0, 0.05) is 39.0 Å². The number of nitrogens with zero attached hydrogens (tertiary/aromatic N) is 2. The number of anilines is 3. The van der Waals surface area contributed by atoms with Gasteiger partial charge in [0.25, 0.3) is 0 Å². The number of hydrogen-bond donors (Lipinski definition) is 0. The van der Waals surface area contributed by atoms with Crippen LogP contribution in [0.25, 0.3) is 38.6 Å². The Hall–Kier alpha value is -5.02. The molecule has 39 heavy (non-hydrogen) atoms. The predicted molar refractivity (Wildman–Crippen MR) is 166 cm³/mol. The van der Waals surface area contributed by atoms with Crippen LogP contribution in [-0.2, 0) is 0 Å². The summed E-state index contributed by atoms with van der Waals surface area (Å²) in [6, 6.07) is 50.9. The standard InChI is InChI=1S/C36H23BN2/c1-3-11-24(12-4-1)38(25-13-5-2-6-14-25)26-21-22-31-30(23-26)28-16-10-20-34-35(28)37(31)32-18-9-17-29-27-15-7-8-19-33(27)39(34)36(29)32/h1-23H. The third-order valence-corrected chi connectivity index (χ3v) is 8.57. The van der Waals surface area contributed by atoms with E-state index >= 15 is 0 Å². The van der Waals surface area contributed by atoms with Gasteiger partial charge >= 0.3 is 0 Å². The van der Waals surface area contributed by atoms with E-state index in [9.17, 15) is 0 Å². The molecule has 6 aromatic carbocycles. The third-order valence-electron chi connectivity index (χ3n) is 8.57. The zero-order chi connectivity index (χ0) is 25.5. The zero-order valence-electron chi connectivity index (χ0n) is 21.3. The Morgan fingerprint density at radius 1 is 0.487 bits per heavy atom. The van der Waals surface area contributed by atoms with Crippen molar-refractivity contribution in [1.82, 2.24) is 4.57 Å². The Balaban J connectivity index is 1.32. The van der Waals surface area contributed by atoms with Gasteiger partial charge in [0.05, 0.1) is 5.52 Å². The van der Waals surface area contributed by atoms with Gasteiger partial charge in [-0.3, -0.25) is 0 Å².